The van der Waals surface area contributed by atoms with E-state index in [1.165, 1.54) is 31.4 Å². The molecule has 2 aromatic heterocycles. The summed E-state index contributed by atoms with van der Waals surface area (Å²) in [5.41, 5.74) is 1.50. The molecule has 32 heavy (non-hydrogen) atoms. The second-order valence-electron chi connectivity index (χ2n) is 6.62. The third-order valence-corrected chi connectivity index (χ3v) is 5.74. The van der Waals surface area contributed by atoms with E-state index in [1.807, 2.05) is 6.07 Å². The molecule has 0 spiro atoms. The van der Waals surface area contributed by atoms with Crippen molar-refractivity contribution in [2.24, 2.45) is 0 Å². The molecule has 3 rings (SSSR count). The SMILES string of the molecule is CCOC(=O)c1c(CCc2ccc(F)cc2)nc(OC)c(C#N)c1-c1ccc(C(=O)O)s1. The van der Waals surface area contributed by atoms with Crippen molar-refractivity contribution in [3.8, 4) is 22.4 Å². The van der Waals surface area contributed by atoms with Gasteiger partial charge < -0.3 is 14.6 Å². The molecule has 0 saturated carbocycles. The largest absolute Gasteiger partial charge is 0.480 e. The number of aryl methyl sites for hydroxylation is 2. The highest BCUT2D eigenvalue weighted by Gasteiger charge is 2.28. The second-order valence-corrected chi connectivity index (χ2v) is 7.70. The van der Waals surface area contributed by atoms with Gasteiger partial charge in [0.05, 0.1) is 25.0 Å². The van der Waals surface area contributed by atoms with Crippen LogP contribution in [-0.4, -0.2) is 35.7 Å². The van der Waals surface area contributed by atoms with Crippen LogP contribution in [0.4, 0.5) is 4.39 Å². The van der Waals surface area contributed by atoms with Gasteiger partial charge >= 0.3 is 11.9 Å². The van der Waals surface area contributed by atoms with Gasteiger partial charge in [-0.15, -0.1) is 11.3 Å². The van der Waals surface area contributed by atoms with Crippen LogP contribution in [-0.2, 0) is 17.6 Å². The van der Waals surface area contributed by atoms with E-state index in [4.69, 9.17) is 9.47 Å². The number of esters is 1. The first-order valence-corrected chi connectivity index (χ1v) is 10.5. The minimum Gasteiger partial charge on any atom is -0.480 e. The van der Waals surface area contributed by atoms with E-state index in [-0.39, 0.29) is 46.3 Å². The van der Waals surface area contributed by atoms with Gasteiger partial charge in [0.15, 0.2) is 0 Å². The van der Waals surface area contributed by atoms with Crippen molar-refractivity contribution in [1.29, 1.82) is 5.26 Å². The van der Waals surface area contributed by atoms with Crippen molar-refractivity contribution in [3.05, 3.63) is 69.5 Å². The predicted molar refractivity (Wildman–Crippen MR) is 116 cm³/mol. The lowest BCUT2D eigenvalue weighted by molar-refractivity contribution is 0.0524. The number of halogens is 1. The summed E-state index contributed by atoms with van der Waals surface area (Å²) in [6.45, 7) is 1.76. The third-order valence-electron chi connectivity index (χ3n) is 4.65. The maximum absolute atomic E-state index is 13.2. The fraction of sp³-hybridized carbons (Fsp3) is 0.217. The molecule has 7 nitrogen and oxygen atoms in total. The number of aromatic nitrogens is 1. The van der Waals surface area contributed by atoms with Gasteiger partial charge in [-0.3, -0.25) is 0 Å². The second kappa shape index (κ2) is 10.0. The van der Waals surface area contributed by atoms with Crippen LogP contribution in [0.5, 0.6) is 5.88 Å². The number of rotatable bonds is 8. The number of nitrogens with zero attached hydrogens (tertiary/aromatic N) is 2. The number of hydrogen-bond donors (Lipinski definition) is 1. The van der Waals surface area contributed by atoms with Gasteiger partial charge in [0, 0.05) is 10.4 Å². The molecule has 0 amide bonds. The average Bonchev–Trinajstić information content (AvgIpc) is 3.28. The Kier molecular flexibility index (Phi) is 7.18. The minimum atomic E-state index is -1.12. The number of nitriles is 1. The van der Waals surface area contributed by atoms with Gasteiger partial charge in [-0.1, -0.05) is 12.1 Å². The zero-order valence-electron chi connectivity index (χ0n) is 17.3. The maximum atomic E-state index is 13.2. The van der Waals surface area contributed by atoms with Crippen molar-refractivity contribution in [2.75, 3.05) is 13.7 Å². The Hall–Kier alpha value is -3.77. The number of methoxy groups -OCH3 is 1. The number of carboxylic acid groups (broad SMARTS) is 1. The van der Waals surface area contributed by atoms with E-state index >= 15 is 0 Å². The van der Waals surface area contributed by atoms with E-state index < -0.39 is 11.9 Å². The van der Waals surface area contributed by atoms with Crippen LogP contribution in [0.3, 0.4) is 0 Å². The van der Waals surface area contributed by atoms with Crippen LogP contribution in [0.2, 0.25) is 0 Å². The summed E-state index contributed by atoms with van der Waals surface area (Å²) in [6.07, 6.45) is 0.727. The van der Waals surface area contributed by atoms with Crippen molar-refractivity contribution in [1.82, 2.24) is 4.98 Å². The molecule has 0 aliphatic rings. The van der Waals surface area contributed by atoms with Crippen LogP contribution in [0.1, 0.15) is 43.8 Å². The summed E-state index contributed by atoms with van der Waals surface area (Å²) in [7, 11) is 1.36. The molecular formula is C23H19FN2O5S. The van der Waals surface area contributed by atoms with E-state index in [1.54, 1.807) is 19.1 Å². The van der Waals surface area contributed by atoms with E-state index in [0.717, 1.165) is 16.9 Å². The molecule has 2 heterocycles. The summed E-state index contributed by atoms with van der Waals surface area (Å²) in [4.78, 5) is 29.2. The van der Waals surface area contributed by atoms with E-state index in [2.05, 4.69) is 4.98 Å². The molecule has 0 radical (unpaired) electrons. The van der Waals surface area contributed by atoms with Crippen LogP contribution < -0.4 is 4.74 Å². The molecule has 0 aliphatic carbocycles. The lowest BCUT2D eigenvalue weighted by Gasteiger charge is -2.16. The van der Waals surface area contributed by atoms with Crippen molar-refractivity contribution < 1.29 is 28.6 Å². The monoisotopic (exact) mass is 454 g/mol. The highest BCUT2D eigenvalue weighted by Crippen LogP contribution is 2.38. The number of hydrogen-bond acceptors (Lipinski definition) is 7. The van der Waals surface area contributed by atoms with Gasteiger partial charge in [-0.25, -0.2) is 19.0 Å². The Balaban J connectivity index is 2.20. The number of benzene rings is 1. The van der Waals surface area contributed by atoms with Gasteiger partial charge in [-0.2, -0.15) is 5.26 Å². The Labute approximate surface area is 187 Å². The number of aromatic carboxylic acids is 1. The Morgan fingerprint density at radius 1 is 1.19 bits per heavy atom. The van der Waals surface area contributed by atoms with Crippen molar-refractivity contribution in [2.45, 2.75) is 19.8 Å². The van der Waals surface area contributed by atoms with Crippen molar-refractivity contribution in [3.63, 3.8) is 0 Å². The van der Waals surface area contributed by atoms with Crippen LogP contribution in [0.25, 0.3) is 10.4 Å². The summed E-state index contributed by atoms with van der Waals surface area (Å²) in [6, 6.07) is 10.9. The minimum absolute atomic E-state index is 0.0138. The zero-order valence-corrected chi connectivity index (χ0v) is 18.2. The molecule has 0 unspecified atom stereocenters. The summed E-state index contributed by atoms with van der Waals surface area (Å²) >= 11 is 0.934. The van der Waals surface area contributed by atoms with Crippen LogP contribution >= 0.6 is 11.3 Å². The molecule has 0 atom stereocenters. The highest BCUT2D eigenvalue weighted by atomic mass is 32.1. The highest BCUT2D eigenvalue weighted by molar-refractivity contribution is 7.17. The fourth-order valence-corrected chi connectivity index (χ4v) is 4.12. The molecule has 9 heteroatoms. The summed E-state index contributed by atoms with van der Waals surface area (Å²) < 4.78 is 23.8. The predicted octanol–water partition coefficient (Wildman–Crippen LogP) is 4.49. The molecule has 164 valence electrons. The first-order chi connectivity index (χ1) is 15.4. The maximum Gasteiger partial charge on any atom is 0.345 e. The fourth-order valence-electron chi connectivity index (χ4n) is 3.21. The van der Waals surface area contributed by atoms with Gasteiger partial charge in [-0.05, 0) is 49.6 Å². The van der Waals surface area contributed by atoms with Gasteiger partial charge in [0.2, 0.25) is 5.88 Å². The van der Waals surface area contributed by atoms with Gasteiger partial charge in [0.1, 0.15) is 22.3 Å². The Bertz CT molecular complexity index is 1200. The number of pyridine rings is 1. The quantitative estimate of drug-likeness (QED) is 0.500. The standard InChI is InChI=1S/C23H19FN2O5S/c1-3-31-23(29)20-16(9-6-13-4-7-14(24)8-5-13)26-21(30-2)15(12-25)19(20)17-10-11-18(32-17)22(27)28/h4-5,7-8,10-11H,3,6,9H2,1-2H3,(H,27,28). The number of ether oxygens (including phenoxy) is 2. The topological polar surface area (TPSA) is 110 Å². The lowest BCUT2D eigenvalue weighted by Crippen LogP contribution is -2.15. The first-order valence-electron chi connectivity index (χ1n) is 9.65. The molecule has 1 N–H and O–H groups in total. The normalized spacial score (nSPS) is 10.4. The molecule has 3 aromatic rings. The molecule has 0 bridgehead atoms. The van der Waals surface area contributed by atoms with Crippen LogP contribution in [0.15, 0.2) is 36.4 Å². The summed E-state index contributed by atoms with van der Waals surface area (Å²) in [5.74, 6) is -2.12. The molecule has 1 aromatic carbocycles. The van der Waals surface area contributed by atoms with Crippen molar-refractivity contribution >= 4 is 23.3 Å². The molecular weight excluding hydrogens is 435 g/mol. The smallest absolute Gasteiger partial charge is 0.345 e. The van der Waals surface area contributed by atoms with E-state index in [9.17, 15) is 24.3 Å². The van der Waals surface area contributed by atoms with Gasteiger partial charge in [0.25, 0.3) is 0 Å². The Morgan fingerprint density at radius 2 is 1.91 bits per heavy atom. The molecule has 0 aliphatic heterocycles. The number of carbonyl (C=O) groups is 2. The number of carboxylic acids is 1. The van der Waals surface area contributed by atoms with E-state index in [0.29, 0.717) is 17.0 Å². The first kappa shape index (κ1) is 22.9. The summed E-state index contributed by atoms with van der Waals surface area (Å²) in [5, 5.41) is 19.1. The zero-order chi connectivity index (χ0) is 23.3. The Morgan fingerprint density at radius 3 is 2.47 bits per heavy atom. The molecule has 0 fully saturated rings. The average molecular weight is 454 g/mol. The number of carbonyl (C=O) groups excluding carboxylic acids is 1. The molecule has 0 saturated heterocycles. The third kappa shape index (κ3) is 4.76. The number of thiophene rings is 1. The lowest BCUT2D eigenvalue weighted by atomic mass is 9.96. The van der Waals surface area contributed by atoms with Crippen LogP contribution in [0, 0.1) is 17.1 Å².